The number of non-ortho nitro benzene ring substituents is 1. The number of carbonyl (C=O) groups excluding carboxylic acids is 1. The van der Waals surface area contributed by atoms with Gasteiger partial charge in [-0.2, -0.15) is 9.78 Å². The lowest BCUT2D eigenvalue weighted by atomic mass is 10.2. The van der Waals surface area contributed by atoms with E-state index in [4.69, 9.17) is 13.9 Å². The van der Waals surface area contributed by atoms with Gasteiger partial charge >= 0.3 is 0 Å². The number of aromatic nitrogens is 2. The lowest BCUT2D eigenvalue weighted by Gasteiger charge is -2.10. The van der Waals surface area contributed by atoms with E-state index in [2.05, 4.69) is 15.4 Å². The highest BCUT2D eigenvalue weighted by atomic mass is 19.1. The fourth-order valence-corrected chi connectivity index (χ4v) is 4.62. The van der Waals surface area contributed by atoms with E-state index >= 15 is 0 Å². The van der Waals surface area contributed by atoms with E-state index in [0.717, 1.165) is 10.7 Å². The molecule has 45 heavy (non-hydrogen) atoms. The topological polar surface area (TPSA) is 151 Å². The number of benzene rings is 4. The molecule has 6 rings (SSSR count). The summed E-state index contributed by atoms with van der Waals surface area (Å²) >= 11 is 0. The Morgan fingerprint density at radius 1 is 1.04 bits per heavy atom. The van der Waals surface area contributed by atoms with Gasteiger partial charge in [0, 0.05) is 23.4 Å². The Balaban J connectivity index is 1.40. The number of nitro groups is 1. The first kappa shape index (κ1) is 28.7. The summed E-state index contributed by atoms with van der Waals surface area (Å²) in [6.07, 6.45) is 1.19. The van der Waals surface area contributed by atoms with Crippen LogP contribution in [0.5, 0.6) is 11.5 Å². The maximum Gasteiger partial charge on any atom is 0.282 e. The minimum Gasteiger partial charge on any atom is -0.496 e. The number of carbonyl (C=O) groups is 1. The van der Waals surface area contributed by atoms with Crippen molar-refractivity contribution in [1.29, 1.82) is 0 Å². The van der Waals surface area contributed by atoms with Crippen molar-refractivity contribution in [3.63, 3.8) is 0 Å². The van der Waals surface area contributed by atoms with Gasteiger partial charge in [-0.05, 0) is 54.6 Å². The fourth-order valence-electron chi connectivity index (χ4n) is 4.62. The van der Waals surface area contributed by atoms with E-state index < -0.39 is 28.8 Å². The first-order valence-corrected chi connectivity index (χ1v) is 13.4. The highest BCUT2D eigenvalue weighted by Crippen LogP contribution is 2.33. The normalized spacial score (nSPS) is 11.2. The molecule has 1 amide bonds. The van der Waals surface area contributed by atoms with E-state index in [1.54, 1.807) is 48.5 Å². The van der Waals surface area contributed by atoms with Gasteiger partial charge in [0.25, 0.3) is 17.2 Å². The van der Waals surface area contributed by atoms with Gasteiger partial charge in [0.2, 0.25) is 5.82 Å². The number of rotatable bonds is 9. The molecule has 0 aliphatic carbocycles. The molecule has 0 saturated carbocycles. The minimum atomic E-state index is -0.602. The zero-order chi connectivity index (χ0) is 31.5. The number of halogens is 1. The van der Waals surface area contributed by atoms with Gasteiger partial charge in [-0.3, -0.25) is 19.7 Å². The first-order valence-electron chi connectivity index (χ1n) is 13.4. The van der Waals surface area contributed by atoms with Crippen LogP contribution in [0.1, 0.15) is 5.56 Å². The number of amides is 1. The molecule has 0 unspecified atom stereocenters. The molecule has 0 atom stereocenters. The van der Waals surface area contributed by atoms with Crippen LogP contribution in [0.2, 0.25) is 0 Å². The Morgan fingerprint density at radius 2 is 1.87 bits per heavy atom. The Labute approximate surface area is 253 Å². The van der Waals surface area contributed by atoms with Gasteiger partial charge in [0.05, 0.1) is 34.5 Å². The number of nitrogens with zero attached hydrogens (tertiary/aromatic N) is 4. The summed E-state index contributed by atoms with van der Waals surface area (Å²) < 4.78 is 31.6. The molecule has 6 aromatic rings. The SMILES string of the molecule is COc1cccc2oc(-c3nc4ccccc4c(=O)n3N=Cc3cc([N+](=O)[O-])ccc3OCC(=O)Nc3cccc(F)c3)cc12. The molecule has 2 heterocycles. The summed E-state index contributed by atoms with van der Waals surface area (Å²) in [6, 6.07) is 22.7. The smallest absolute Gasteiger partial charge is 0.282 e. The van der Waals surface area contributed by atoms with Crippen molar-refractivity contribution in [2.75, 3.05) is 19.0 Å². The maximum atomic E-state index is 13.7. The Hall–Kier alpha value is -6.37. The standard InChI is InChI=1S/C32H22FN5O7/c1-43-27-10-5-11-28-24(27)16-29(45-28)31-36-25-9-3-2-8-23(25)32(40)37(31)34-17-19-14-22(38(41)42)12-13-26(19)44-18-30(39)35-21-7-4-6-20(33)15-21/h2-17H,18H2,1H3,(H,35,39). The van der Waals surface area contributed by atoms with E-state index in [9.17, 15) is 24.1 Å². The van der Waals surface area contributed by atoms with Gasteiger partial charge < -0.3 is 19.2 Å². The molecule has 224 valence electrons. The second kappa shape index (κ2) is 12.1. The monoisotopic (exact) mass is 607 g/mol. The van der Waals surface area contributed by atoms with Crippen molar-refractivity contribution < 1.29 is 28.0 Å². The van der Waals surface area contributed by atoms with Gasteiger partial charge in [-0.1, -0.05) is 24.3 Å². The number of nitro benzene ring substituents is 1. The Bertz CT molecular complexity index is 2190. The summed E-state index contributed by atoms with van der Waals surface area (Å²) in [4.78, 5) is 41.7. The van der Waals surface area contributed by atoms with Gasteiger partial charge in [0.15, 0.2) is 12.4 Å². The molecular weight excluding hydrogens is 585 g/mol. The number of hydrogen-bond donors (Lipinski definition) is 1. The number of anilines is 1. The predicted molar refractivity (Wildman–Crippen MR) is 164 cm³/mol. The average Bonchev–Trinajstić information content (AvgIpc) is 3.48. The van der Waals surface area contributed by atoms with Gasteiger partial charge in [-0.15, -0.1) is 0 Å². The lowest BCUT2D eigenvalue weighted by Crippen LogP contribution is -2.21. The third kappa shape index (κ3) is 5.95. The summed E-state index contributed by atoms with van der Waals surface area (Å²) in [5.41, 5.74) is 0.421. The molecular formula is C32H22FN5O7. The molecule has 0 aliphatic rings. The number of hydrogen-bond acceptors (Lipinski definition) is 9. The zero-order valence-corrected chi connectivity index (χ0v) is 23.5. The van der Waals surface area contributed by atoms with Crippen molar-refractivity contribution in [1.82, 2.24) is 9.66 Å². The number of fused-ring (bicyclic) bond motifs is 2. The molecule has 0 radical (unpaired) electrons. The molecule has 0 saturated heterocycles. The van der Waals surface area contributed by atoms with Crippen LogP contribution in [-0.4, -0.2) is 40.4 Å². The van der Waals surface area contributed by atoms with E-state index in [0.29, 0.717) is 22.2 Å². The lowest BCUT2D eigenvalue weighted by molar-refractivity contribution is -0.384. The van der Waals surface area contributed by atoms with Crippen molar-refractivity contribution in [3.8, 4) is 23.1 Å². The first-order chi connectivity index (χ1) is 21.8. The Morgan fingerprint density at radius 3 is 2.67 bits per heavy atom. The van der Waals surface area contributed by atoms with Crippen LogP contribution < -0.4 is 20.3 Å². The number of nitrogens with one attached hydrogen (secondary N) is 1. The average molecular weight is 608 g/mol. The van der Waals surface area contributed by atoms with Crippen molar-refractivity contribution in [2.24, 2.45) is 5.10 Å². The number of para-hydroxylation sites is 1. The second-order valence-corrected chi connectivity index (χ2v) is 9.62. The fraction of sp³-hybridized carbons (Fsp3) is 0.0625. The van der Waals surface area contributed by atoms with Crippen LogP contribution in [-0.2, 0) is 4.79 Å². The molecule has 0 bridgehead atoms. The van der Waals surface area contributed by atoms with Gasteiger partial charge in [0.1, 0.15) is 22.9 Å². The molecule has 2 aromatic heterocycles. The third-order valence-corrected chi connectivity index (χ3v) is 6.70. The highest BCUT2D eigenvalue weighted by Gasteiger charge is 2.19. The highest BCUT2D eigenvalue weighted by molar-refractivity contribution is 5.92. The number of furan rings is 1. The Kier molecular flexibility index (Phi) is 7.72. The number of ether oxygens (including phenoxy) is 2. The van der Waals surface area contributed by atoms with Gasteiger partial charge in [-0.25, -0.2) is 9.37 Å². The number of methoxy groups -OCH3 is 1. The third-order valence-electron chi connectivity index (χ3n) is 6.70. The molecule has 12 nitrogen and oxygen atoms in total. The van der Waals surface area contributed by atoms with E-state index in [1.807, 2.05) is 0 Å². The summed E-state index contributed by atoms with van der Waals surface area (Å²) in [7, 11) is 1.53. The van der Waals surface area contributed by atoms with Crippen LogP contribution in [0.25, 0.3) is 33.5 Å². The van der Waals surface area contributed by atoms with Crippen molar-refractivity contribution in [2.45, 2.75) is 0 Å². The van der Waals surface area contributed by atoms with Crippen LogP contribution in [0.15, 0.2) is 105 Å². The zero-order valence-electron chi connectivity index (χ0n) is 23.5. The minimum absolute atomic E-state index is 0.0653. The van der Waals surface area contributed by atoms with Crippen LogP contribution in [0.4, 0.5) is 15.8 Å². The quantitative estimate of drug-likeness (QED) is 0.124. The van der Waals surface area contributed by atoms with Crippen LogP contribution >= 0.6 is 0 Å². The van der Waals surface area contributed by atoms with Crippen LogP contribution in [0, 0.1) is 15.9 Å². The summed E-state index contributed by atoms with van der Waals surface area (Å²) in [6.45, 7) is -0.501. The second-order valence-electron chi connectivity index (χ2n) is 9.62. The van der Waals surface area contributed by atoms with E-state index in [1.165, 1.54) is 49.7 Å². The van der Waals surface area contributed by atoms with Crippen LogP contribution in [0.3, 0.4) is 0 Å². The molecule has 0 aliphatic heterocycles. The maximum absolute atomic E-state index is 13.7. The molecule has 0 fully saturated rings. The molecule has 0 spiro atoms. The summed E-state index contributed by atoms with van der Waals surface area (Å²) in [5.74, 6) is -0.216. The molecule has 1 N–H and O–H groups in total. The van der Waals surface area contributed by atoms with Crippen molar-refractivity contribution in [3.05, 3.63) is 123 Å². The summed E-state index contributed by atoms with van der Waals surface area (Å²) in [5, 5.41) is 19.3. The van der Waals surface area contributed by atoms with Crippen molar-refractivity contribution >= 4 is 45.4 Å². The molecule has 4 aromatic carbocycles. The predicted octanol–water partition coefficient (Wildman–Crippen LogP) is 5.77. The largest absolute Gasteiger partial charge is 0.496 e. The van der Waals surface area contributed by atoms with E-state index in [-0.39, 0.29) is 39.7 Å². The molecule has 13 heteroatoms.